The number of hydrogen-bond donors (Lipinski definition) is 3. The molecule has 7 heteroatoms. The van der Waals surface area contributed by atoms with E-state index in [4.69, 9.17) is 45.7 Å². The standard InChI is InChI=1S/C8H8O2.C7H14N2OS2/c9-8(10)6-7-4-2-1-3-5-7;1-3-7(5(8)11,6(9)12)10-4-2/h1-5H,6H2,(H,9,10);3-4H2,1-2H3,(H2,8,11)(H2,9,12). The van der Waals surface area contributed by atoms with Crippen molar-refractivity contribution in [1.82, 2.24) is 0 Å². The molecule has 0 atom stereocenters. The minimum Gasteiger partial charge on any atom is -0.481 e. The lowest BCUT2D eigenvalue weighted by atomic mass is 10.0. The van der Waals surface area contributed by atoms with E-state index in [0.29, 0.717) is 13.0 Å². The Kier molecular flexibility index (Phi) is 9.48. The zero-order chi connectivity index (χ0) is 17.2. The third kappa shape index (κ3) is 6.46. The van der Waals surface area contributed by atoms with E-state index in [1.54, 1.807) is 12.1 Å². The highest BCUT2D eigenvalue weighted by Crippen LogP contribution is 2.17. The zero-order valence-corrected chi connectivity index (χ0v) is 14.4. The van der Waals surface area contributed by atoms with Crippen LogP contribution < -0.4 is 11.5 Å². The summed E-state index contributed by atoms with van der Waals surface area (Å²) in [6.45, 7) is 4.22. The summed E-state index contributed by atoms with van der Waals surface area (Å²) in [7, 11) is 0. The summed E-state index contributed by atoms with van der Waals surface area (Å²) in [5.41, 5.74) is 11.0. The van der Waals surface area contributed by atoms with Crippen LogP contribution in [0.1, 0.15) is 25.8 Å². The largest absolute Gasteiger partial charge is 0.481 e. The van der Waals surface area contributed by atoms with Gasteiger partial charge in [-0.05, 0) is 18.9 Å². The lowest BCUT2D eigenvalue weighted by Gasteiger charge is -2.29. The van der Waals surface area contributed by atoms with Crippen molar-refractivity contribution >= 4 is 40.4 Å². The molecule has 5 N–H and O–H groups in total. The molecule has 0 saturated heterocycles. The SMILES string of the molecule is CCOC(CC)(C(N)=S)C(N)=S.O=C(O)Cc1ccccc1. The number of aliphatic carboxylic acids is 1. The van der Waals surface area contributed by atoms with Gasteiger partial charge in [-0.2, -0.15) is 0 Å². The van der Waals surface area contributed by atoms with Crippen LogP contribution in [0.4, 0.5) is 0 Å². The minimum absolute atomic E-state index is 0.112. The predicted octanol–water partition coefficient (Wildman–Crippen LogP) is 2.06. The highest BCUT2D eigenvalue weighted by Gasteiger charge is 2.35. The highest BCUT2D eigenvalue weighted by molar-refractivity contribution is 7.82. The van der Waals surface area contributed by atoms with Gasteiger partial charge in [-0.1, -0.05) is 61.7 Å². The quantitative estimate of drug-likeness (QED) is 0.652. The number of ether oxygens (including phenoxy) is 1. The van der Waals surface area contributed by atoms with Gasteiger partial charge in [0.1, 0.15) is 9.98 Å². The first-order chi connectivity index (χ1) is 10.3. The van der Waals surface area contributed by atoms with Crippen molar-refractivity contribution < 1.29 is 14.6 Å². The molecule has 5 nitrogen and oxygen atoms in total. The second kappa shape index (κ2) is 10.2. The summed E-state index contributed by atoms with van der Waals surface area (Å²) in [6, 6.07) is 9.13. The van der Waals surface area contributed by atoms with E-state index in [9.17, 15) is 4.79 Å². The third-order valence-corrected chi connectivity index (χ3v) is 3.54. The third-order valence-electron chi connectivity index (χ3n) is 2.88. The van der Waals surface area contributed by atoms with Crippen LogP contribution in [0.25, 0.3) is 0 Å². The van der Waals surface area contributed by atoms with E-state index < -0.39 is 11.6 Å². The van der Waals surface area contributed by atoms with Gasteiger partial charge in [0.2, 0.25) is 0 Å². The van der Waals surface area contributed by atoms with E-state index in [1.165, 1.54) is 0 Å². The van der Waals surface area contributed by atoms with Crippen molar-refractivity contribution in [3.8, 4) is 0 Å². The molecule has 0 spiro atoms. The molecular formula is C15H22N2O3S2. The molecular weight excluding hydrogens is 320 g/mol. The normalized spacial score (nSPS) is 10.3. The maximum atomic E-state index is 10.2. The molecule has 0 aromatic heterocycles. The predicted molar refractivity (Wildman–Crippen MR) is 96.0 cm³/mol. The Labute approximate surface area is 141 Å². The molecule has 0 amide bonds. The molecule has 1 rings (SSSR count). The summed E-state index contributed by atoms with van der Waals surface area (Å²) in [5.74, 6) is -0.786. The fourth-order valence-electron chi connectivity index (χ4n) is 1.73. The fourth-order valence-corrected chi connectivity index (χ4v) is 2.42. The van der Waals surface area contributed by atoms with Gasteiger partial charge in [0.25, 0.3) is 0 Å². The maximum Gasteiger partial charge on any atom is 0.307 e. The number of nitrogens with two attached hydrogens (primary N) is 2. The topological polar surface area (TPSA) is 98.6 Å². The molecule has 0 radical (unpaired) electrons. The molecule has 0 aliphatic carbocycles. The summed E-state index contributed by atoms with van der Waals surface area (Å²) in [5, 5.41) is 8.37. The summed E-state index contributed by atoms with van der Waals surface area (Å²) >= 11 is 9.71. The second-order valence-electron chi connectivity index (χ2n) is 4.40. The molecule has 0 aliphatic heterocycles. The van der Waals surface area contributed by atoms with E-state index in [1.807, 2.05) is 32.0 Å². The smallest absolute Gasteiger partial charge is 0.307 e. The number of hydrogen-bond acceptors (Lipinski definition) is 4. The van der Waals surface area contributed by atoms with Crippen LogP contribution in [0.5, 0.6) is 0 Å². The lowest BCUT2D eigenvalue weighted by Crippen LogP contribution is -2.54. The van der Waals surface area contributed by atoms with Crippen molar-refractivity contribution in [2.75, 3.05) is 6.61 Å². The average molecular weight is 342 g/mol. The van der Waals surface area contributed by atoms with Gasteiger partial charge in [0.05, 0.1) is 6.42 Å². The molecule has 0 bridgehead atoms. The van der Waals surface area contributed by atoms with Crippen molar-refractivity contribution in [2.45, 2.75) is 32.3 Å². The van der Waals surface area contributed by atoms with Gasteiger partial charge >= 0.3 is 5.97 Å². The Balaban J connectivity index is 0.000000406. The Morgan fingerprint density at radius 2 is 1.68 bits per heavy atom. The number of carboxylic acids is 1. The molecule has 0 unspecified atom stereocenters. The van der Waals surface area contributed by atoms with E-state index in [-0.39, 0.29) is 16.4 Å². The molecule has 0 heterocycles. The zero-order valence-electron chi connectivity index (χ0n) is 12.7. The molecule has 122 valence electrons. The van der Waals surface area contributed by atoms with Crippen molar-refractivity contribution in [3.05, 3.63) is 35.9 Å². The van der Waals surface area contributed by atoms with E-state index >= 15 is 0 Å². The number of carboxylic acid groups (broad SMARTS) is 1. The number of benzene rings is 1. The maximum absolute atomic E-state index is 10.2. The van der Waals surface area contributed by atoms with Crippen molar-refractivity contribution in [2.24, 2.45) is 11.5 Å². The van der Waals surface area contributed by atoms with Crippen molar-refractivity contribution in [1.29, 1.82) is 0 Å². The van der Waals surface area contributed by atoms with Gasteiger partial charge < -0.3 is 21.3 Å². The number of thiocarbonyl (C=S) groups is 2. The lowest BCUT2D eigenvalue weighted by molar-refractivity contribution is -0.136. The molecule has 22 heavy (non-hydrogen) atoms. The van der Waals surface area contributed by atoms with Crippen LogP contribution in [0.15, 0.2) is 30.3 Å². The Morgan fingerprint density at radius 3 is 1.95 bits per heavy atom. The Bertz CT molecular complexity index is 493. The van der Waals surface area contributed by atoms with Crippen LogP contribution in [-0.4, -0.2) is 33.3 Å². The first kappa shape index (κ1) is 20.4. The monoisotopic (exact) mass is 342 g/mol. The Hall–Kier alpha value is -1.57. The summed E-state index contributed by atoms with van der Waals surface area (Å²) in [6.07, 6.45) is 0.687. The van der Waals surface area contributed by atoms with Crippen LogP contribution in [-0.2, 0) is 16.0 Å². The van der Waals surface area contributed by atoms with Gasteiger partial charge in [0.15, 0.2) is 5.60 Å². The number of rotatable bonds is 7. The average Bonchev–Trinajstić information content (AvgIpc) is 2.45. The first-order valence-corrected chi connectivity index (χ1v) is 7.61. The summed E-state index contributed by atoms with van der Waals surface area (Å²) in [4.78, 5) is 10.6. The number of carbonyl (C=O) groups is 1. The molecule has 1 aromatic rings. The molecule has 0 aliphatic rings. The van der Waals surface area contributed by atoms with E-state index in [0.717, 1.165) is 5.56 Å². The van der Waals surface area contributed by atoms with Crippen LogP contribution in [0.2, 0.25) is 0 Å². The van der Waals surface area contributed by atoms with Crippen LogP contribution in [0, 0.1) is 0 Å². The van der Waals surface area contributed by atoms with Crippen molar-refractivity contribution in [3.63, 3.8) is 0 Å². The highest BCUT2D eigenvalue weighted by atomic mass is 32.1. The molecule has 0 saturated carbocycles. The van der Waals surface area contributed by atoms with Gasteiger partial charge in [-0.3, -0.25) is 4.79 Å². The molecule has 0 fully saturated rings. The first-order valence-electron chi connectivity index (χ1n) is 6.79. The van der Waals surface area contributed by atoms with Gasteiger partial charge in [-0.25, -0.2) is 0 Å². The van der Waals surface area contributed by atoms with Crippen LogP contribution >= 0.6 is 24.4 Å². The van der Waals surface area contributed by atoms with Gasteiger partial charge in [0, 0.05) is 6.61 Å². The second-order valence-corrected chi connectivity index (χ2v) is 5.28. The van der Waals surface area contributed by atoms with Crippen LogP contribution in [0.3, 0.4) is 0 Å². The van der Waals surface area contributed by atoms with E-state index in [2.05, 4.69) is 0 Å². The minimum atomic E-state index is -0.889. The fraction of sp³-hybridized carbons (Fsp3) is 0.400. The molecule has 1 aromatic carbocycles. The summed E-state index contributed by atoms with van der Waals surface area (Å²) < 4.78 is 5.37. The Morgan fingerprint density at radius 1 is 1.18 bits per heavy atom. The van der Waals surface area contributed by atoms with Gasteiger partial charge in [-0.15, -0.1) is 0 Å².